The Hall–Kier alpha value is -0.780. The van der Waals surface area contributed by atoms with Crippen molar-refractivity contribution in [3.63, 3.8) is 0 Å². The van der Waals surface area contributed by atoms with Crippen molar-refractivity contribution in [2.75, 3.05) is 0 Å². The van der Waals surface area contributed by atoms with Gasteiger partial charge in [0.25, 0.3) is 0 Å². The van der Waals surface area contributed by atoms with Gasteiger partial charge in [0.15, 0.2) is 0 Å². The van der Waals surface area contributed by atoms with Gasteiger partial charge in [-0.3, -0.25) is 0 Å². The highest BCUT2D eigenvalue weighted by Gasteiger charge is 2.35. The molecule has 214 valence electrons. The molecule has 0 N–H and O–H groups in total. The number of rotatable bonds is 27. The summed E-state index contributed by atoms with van der Waals surface area (Å²) in [6.07, 6.45) is 37.5. The normalized spacial score (nSPS) is 15.2. The van der Waals surface area contributed by atoms with Crippen LogP contribution in [0.5, 0.6) is 0 Å². The van der Waals surface area contributed by atoms with Crippen LogP contribution >= 0.6 is 0 Å². The summed E-state index contributed by atoms with van der Waals surface area (Å²) >= 11 is 0. The lowest BCUT2D eigenvalue weighted by Crippen LogP contribution is -2.01. The minimum absolute atomic E-state index is 0.813. The van der Waals surface area contributed by atoms with Gasteiger partial charge in [-0.2, -0.15) is 0 Å². The van der Waals surface area contributed by atoms with Crippen molar-refractivity contribution in [3.8, 4) is 0 Å². The molecule has 2 unspecified atom stereocenters. The van der Waals surface area contributed by atoms with E-state index in [0.717, 1.165) is 11.8 Å². The highest BCUT2D eigenvalue weighted by Crippen LogP contribution is 2.51. The molecule has 0 aliphatic heterocycles. The molecule has 37 heavy (non-hydrogen) atoms. The van der Waals surface area contributed by atoms with Gasteiger partial charge in [-0.1, -0.05) is 187 Å². The molecule has 0 radical (unpaired) electrons. The summed E-state index contributed by atoms with van der Waals surface area (Å²) in [7, 11) is 0. The van der Waals surface area contributed by atoms with Crippen LogP contribution in [0.1, 0.15) is 216 Å². The van der Waals surface area contributed by atoms with Crippen LogP contribution in [0.3, 0.4) is 0 Å². The molecule has 0 saturated carbocycles. The molecule has 0 amide bonds. The molecule has 0 aromatic heterocycles. The average molecular weight is 511 g/mol. The minimum atomic E-state index is 0.813. The number of hydrogen-bond acceptors (Lipinski definition) is 0. The maximum absolute atomic E-state index is 2.51. The zero-order chi connectivity index (χ0) is 26.4. The van der Waals surface area contributed by atoms with Gasteiger partial charge in [-0.15, -0.1) is 0 Å². The first kappa shape index (κ1) is 32.4. The van der Waals surface area contributed by atoms with Crippen LogP contribution in [0.15, 0.2) is 18.2 Å². The smallest absolute Gasteiger partial charge is 0.00980 e. The molecule has 1 aromatic carbocycles. The van der Waals surface area contributed by atoms with E-state index in [4.69, 9.17) is 0 Å². The summed E-state index contributed by atoms with van der Waals surface area (Å²) in [4.78, 5) is 0. The lowest BCUT2D eigenvalue weighted by Gasteiger charge is -2.18. The third-order valence-corrected chi connectivity index (χ3v) is 9.14. The highest BCUT2D eigenvalue weighted by atomic mass is 14.4. The molecule has 2 rings (SSSR count). The molecule has 0 bridgehead atoms. The van der Waals surface area contributed by atoms with Crippen LogP contribution in [-0.4, -0.2) is 0 Å². The molecule has 1 aliphatic carbocycles. The van der Waals surface area contributed by atoms with Gasteiger partial charge in [-0.05, 0) is 41.9 Å². The Balaban J connectivity index is 1.58. The van der Waals surface area contributed by atoms with Crippen LogP contribution in [0.25, 0.3) is 0 Å². The predicted octanol–water partition coefficient (Wildman–Crippen LogP) is 13.4. The van der Waals surface area contributed by atoms with E-state index in [-0.39, 0.29) is 0 Å². The van der Waals surface area contributed by atoms with Crippen molar-refractivity contribution in [2.24, 2.45) is 0 Å². The predicted molar refractivity (Wildman–Crippen MR) is 168 cm³/mol. The topological polar surface area (TPSA) is 0 Å². The summed E-state index contributed by atoms with van der Waals surface area (Å²) in [6.45, 7) is 6.98. The van der Waals surface area contributed by atoms with Gasteiger partial charge in [0.2, 0.25) is 0 Å². The van der Waals surface area contributed by atoms with Crippen molar-refractivity contribution in [1.29, 1.82) is 0 Å². The molecular formula is C37H66. The first-order chi connectivity index (χ1) is 18.3. The van der Waals surface area contributed by atoms with Gasteiger partial charge in [0.1, 0.15) is 0 Å². The van der Waals surface area contributed by atoms with Gasteiger partial charge < -0.3 is 0 Å². The largest absolute Gasteiger partial charge is 0.0654 e. The van der Waals surface area contributed by atoms with E-state index in [1.807, 2.05) is 0 Å². The van der Waals surface area contributed by atoms with E-state index in [1.165, 1.54) is 167 Å². The van der Waals surface area contributed by atoms with E-state index in [0.29, 0.717) is 0 Å². The summed E-state index contributed by atoms with van der Waals surface area (Å²) in [5.41, 5.74) is 5.23. The second kappa shape index (κ2) is 22.1. The van der Waals surface area contributed by atoms with Crippen molar-refractivity contribution in [3.05, 3.63) is 34.9 Å². The number of fused-ring (bicyclic) bond motifs is 1. The third-order valence-electron chi connectivity index (χ3n) is 9.14. The van der Waals surface area contributed by atoms with Gasteiger partial charge in [0.05, 0.1) is 0 Å². The maximum atomic E-state index is 2.51. The van der Waals surface area contributed by atoms with Crippen LogP contribution in [0.2, 0.25) is 0 Å². The van der Waals surface area contributed by atoms with E-state index >= 15 is 0 Å². The molecule has 0 heteroatoms. The summed E-state index contributed by atoms with van der Waals surface area (Å²) in [5, 5.41) is 0. The lowest BCUT2D eigenvalue weighted by atomic mass is 9.87. The fraction of sp³-hybridized carbons (Fsp3) is 0.838. The Kier molecular flexibility index (Phi) is 19.4. The first-order valence-electron chi connectivity index (χ1n) is 17.5. The van der Waals surface area contributed by atoms with E-state index in [2.05, 4.69) is 39.0 Å². The van der Waals surface area contributed by atoms with E-state index in [1.54, 1.807) is 16.7 Å². The maximum Gasteiger partial charge on any atom is 0.00980 e. The molecule has 2 atom stereocenters. The molecular weight excluding hydrogens is 444 g/mol. The Morgan fingerprint density at radius 3 is 1.30 bits per heavy atom. The zero-order valence-electron chi connectivity index (χ0n) is 25.8. The van der Waals surface area contributed by atoms with Crippen LogP contribution < -0.4 is 0 Å². The minimum Gasteiger partial charge on any atom is -0.0654 e. The Labute approximate surface area is 234 Å². The highest BCUT2D eigenvalue weighted by molar-refractivity contribution is 5.58. The molecule has 0 spiro atoms. The SMILES string of the molecule is CCCCCCCCCCCCCCCCCC(CCCCCCCCC)c1cccc2c1C2CCC. The van der Waals surface area contributed by atoms with Crippen LogP contribution in [0, 0.1) is 0 Å². The van der Waals surface area contributed by atoms with Crippen molar-refractivity contribution in [2.45, 2.75) is 200 Å². The van der Waals surface area contributed by atoms with Gasteiger partial charge in [-0.25, -0.2) is 0 Å². The molecule has 0 nitrogen and oxygen atoms in total. The molecule has 0 heterocycles. The first-order valence-corrected chi connectivity index (χ1v) is 17.5. The quantitative estimate of drug-likeness (QED) is 0.103. The number of hydrogen-bond donors (Lipinski definition) is 0. The zero-order valence-corrected chi connectivity index (χ0v) is 25.8. The van der Waals surface area contributed by atoms with Crippen LogP contribution in [0.4, 0.5) is 0 Å². The fourth-order valence-corrected chi connectivity index (χ4v) is 6.72. The molecule has 0 saturated heterocycles. The lowest BCUT2D eigenvalue weighted by molar-refractivity contribution is 0.481. The molecule has 1 aliphatic rings. The second-order valence-corrected chi connectivity index (χ2v) is 12.5. The summed E-state index contributed by atoms with van der Waals surface area (Å²) < 4.78 is 0. The molecule has 0 fully saturated rings. The van der Waals surface area contributed by atoms with Crippen molar-refractivity contribution < 1.29 is 0 Å². The van der Waals surface area contributed by atoms with Gasteiger partial charge in [0, 0.05) is 5.92 Å². The standard InChI is InChI=1S/C37H66/c1-4-7-9-11-13-14-15-16-17-18-19-20-22-24-26-30-33(29-25-23-21-12-10-8-5-2)34-31-27-32-36-35(28-6-3)37(34)36/h27,31-33,35H,4-26,28-30H2,1-3H3. The van der Waals surface area contributed by atoms with E-state index < -0.39 is 0 Å². The molecule has 1 aromatic rings. The second-order valence-electron chi connectivity index (χ2n) is 12.5. The van der Waals surface area contributed by atoms with Crippen LogP contribution in [-0.2, 0) is 0 Å². The summed E-state index contributed by atoms with van der Waals surface area (Å²) in [5.74, 6) is 1.64. The van der Waals surface area contributed by atoms with Crippen molar-refractivity contribution in [1.82, 2.24) is 0 Å². The average Bonchev–Trinajstić information content (AvgIpc) is 3.62. The Bertz CT molecular complexity index is 643. The fourth-order valence-electron chi connectivity index (χ4n) is 6.72. The number of unbranched alkanes of at least 4 members (excludes halogenated alkanes) is 20. The monoisotopic (exact) mass is 511 g/mol. The Morgan fingerprint density at radius 1 is 0.486 bits per heavy atom. The number of benzene rings is 1. The van der Waals surface area contributed by atoms with Gasteiger partial charge >= 0.3 is 0 Å². The Morgan fingerprint density at radius 2 is 0.892 bits per heavy atom. The van der Waals surface area contributed by atoms with Crippen molar-refractivity contribution >= 4 is 0 Å². The summed E-state index contributed by atoms with van der Waals surface area (Å²) in [6, 6.07) is 7.29. The third kappa shape index (κ3) is 14.3. The van der Waals surface area contributed by atoms with E-state index in [9.17, 15) is 0 Å².